The number of ether oxygens (including phenoxy) is 2. The molecule has 0 radical (unpaired) electrons. The van der Waals surface area contributed by atoms with E-state index in [-0.39, 0.29) is 0 Å². The Labute approximate surface area is 116 Å². The minimum absolute atomic E-state index is 0.629. The Kier molecular flexibility index (Phi) is 4.35. The summed E-state index contributed by atoms with van der Waals surface area (Å²) in [6.45, 7) is 7.70. The summed E-state index contributed by atoms with van der Waals surface area (Å²) in [5.74, 6) is 2.96. The molecule has 3 nitrogen and oxygen atoms in total. The van der Waals surface area contributed by atoms with Gasteiger partial charge in [0.15, 0.2) is 11.5 Å². The predicted octanol–water partition coefficient (Wildman–Crippen LogP) is 3.11. The molecule has 1 aromatic carbocycles. The fourth-order valence-electron chi connectivity index (χ4n) is 3.12. The fraction of sp³-hybridized carbons (Fsp3) is 0.625. The van der Waals surface area contributed by atoms with Crippen molar-refractivity contribution in [2.45, 2.75) is 39.2 Å². The summed E-state index contributed by atoms with van der Waals surface area (Å²) in [6.07, 6.45) is 1.21. The molecule has 2 rings (SSSR count). The van der Waals surface area contributed by atoms with Crippen molar-refractivity contribution in [3.8, 4) is 11.5 Å². The highest BCUT2D eigenvalue weighted by Crippen LogP contribution is 2.46. The first-order valence-corrected chi connectivity index (χ1v) is 7.08. The highest BCUT2D eigenvalue weighted by molar-refractivity contribution is 5.49. The minimum atomic E-state index is 0.629. The standard InChI is InChI=1S/C16H25NO2/c1-6-17-14-8-13(11(14)3)12-9-16(19-5)15(18-4)7-10(12)2/h7,9,11,13-14,17H,6,8H2,1-5H3. The van der Waals surface area contributed by atoms with Gasteiger partial charge in [0.25, 0.3) is 0 Å². The number of benzene rings is 1. The summed E-state index contributed by atoms with van der Waals surface area (Å²) < 4.78 is 10.8. The van der Waals surface area contributed by atoms with Crippen LogP contribution in [0.15, 0.2) is 12.1 Å². The van der Waals surface area contributed by atoms with Crippen LogP contribution < -0.4 is 14.8 Å². The van der Waals surface area contributed by atoms with Crippen molar-refractivity contribution >= 4 is 0 Å². The first-order valence-electron chi connectivity index (χ1n) is 7.08. The summed E-state index contributed by atoms with van der Waals surface area (Å²) in [5.41, 5.74) is 2.70. The van der Waals surface area contributed by atoms with Crippen molar-refractivity contribution in [1.29, 1.82) is 0 Å². The Hall–Kier alpha value is -1.22. The maximum Gasteiger partial charge on any atom is 0.161 e. The van der Waals surface area contributed by atoms with Gasteiger partial charge in [-0.3, -0.25) is 0 Å². The van der Waals surface area contributed by atoms with Crippen LogP contribution in [0, 0.1) is 12.8 Å². The van der Waals surface area contributed by atoms with E-state index in [9.17, 15) is 0 Å². The molecule has 19 heavy (non-hydrogen) atoms. The molecule has 1 saturated carbocycles. The van der Waals surface area contributed by atoms with E-state index in [1.807, 2.05) is 0 Å². The molecule has 1 aromatic rings. The quantitative estimate of drug-likeness (QED) is 0.885. The second kappa shape index (κ2) is 5.83. The molecule has 0 aliphatic heterocycles. The summed E-state index contributed by atoms with van der Waals surface area (Å²) in [6, 6.07) is 4.89. The molecule has 0 spiro atoms. The van der Waals surface area contributed by atoms with E-state index in [1.165, 1.54) is 17.5 Å². The van der Waals surface area contributed by atoms with Crippen molar-refractivity contribution in [1.82, 2.24) is 5.32 Å². The molecule has 106 valence electrons. The SMILES string of the molecule is CCNC1CC(c2cc(OC)c(OC)cc2C)C1C. The van der Waals surface area contributed by atoms with Crippen LogP contribution in [0.4, 0.5) is 0 Å². The van der Waals surface area contributed by atoms with Gasteiger partial charge in [-0.2, -0.15) is 0 Å². The Morgan fingerprint density at radius 3 is 2.37 bits per heavy atom. The van der Waals surface area contributed by atoms with E-state index in [4.69, 9.17) is 9.47 Å². The van der Waals surface area contributed by atoms with E-state index in [2.05, 4.69) is 38.2 Å². The van der Waals surface area contributed by atoms with Crippen LogP contribution in [0.3, 0.4) is 0 Å². The summed E-state index contributed by atoms with van der Waals surface area (Å²) >= 11 is 0. The van der Waals surface area contributed by atoms with Gasteiger partial charge in [0.05, 0.1) is 14.2 Å². The third-order valence-corrected chi connectivity index (χ3v) is 4.42. The van der Waals surface area contributed by atoms with Crippen molar-refractivity contribution in [2.75, 3.05) is 20.8 Å². The van der Waals surface area contributed by atoms with Gasteiger partial charge in [0.2, 0.25) is 0 Å². The molecule has 0 aromatic heterocycles. The van der Waals surface area contributed by atoms with E-state index in [0.29, 0.717) is 17.9 Å². The lowest BCUT2D eigenvalue weighted by atomic mass is 9.66. The Balaban J connectivity index is 2.22. The summed E-state index contributed by atoms with van der Waals surface area (Å²) in [5, 5.41) is 3.55. The van der Waals surface area contributed by atoms with Crippen LogP contribution in [0.2, 0.25) is 0 Å². The van der Waals surface area contributed by atoms with Crippen LogP contribution in [-0.2, 0) is 0 Å². The number of rotatable bonds is 5. The minimum Gasteiger partial charge on any atom is -0.493 e. The van der Waals surface area contributed by atoms with Crippen LogP contribution in [0.1, 0.15) is 37.3 Å². The molecule has 3 heteroatoms. The molecule has 0 saturated heterocycles. The Morgan fingerprint density at radius 1 is 1.21 bits per heavy atom. The van der Waals surface area contributed by atoms with E-state index in [1.54, 1.807) is 14.2 Å². The van der Waals surface area contributed by atoms with Gasteiger partial charge in [0.1, 0.15) is 0 Å². The van der Waals surface area contributed by atoms with Gasteiger partial charge in [-0.15, -0.1) is 0 Å². The first-order chi connectivity index (χ1) is 9.12. The third-order valence-electron chi connectivity index (χ3n) is 4.42. The molecule has 1 fully saturated rings. The van der Waals surface area contributed by atoms with Crippen molar-refractivity contribution in [3.05, 3.63) is 23.3 Å². The molecule has 0 bridgehead atoms. The van der Waals surface area contributed by atoms with Gasteiger partial charge >= 0.3 is 0 Å². The van der Waals surface area contributed by atoms with Gasteiger partial charge in [-0.25, -0.2) is 0 Å². The average Bonchev–Trinajstić information content (AvgIpc) is 2.43. The Bertz CT molecular complexity index is 445. The van der Waals surface area contributed by atoms with Gasteiger partial charge < -0.3 is 14.8 Å². The second-order valence-electron chi connectivity index (χ2n) is 5.43. The average molecular weight is 263 g/mol. The molecule has 3 atom stereocenters. The number of aryl methyl sites for hydroxylation is 1. The fourth-order valence-corrected chi connectivity index (χ4v) is 3.12. The topological polar surface area (TPSA) is 30.5 Å². The van der Waals surface area contributed by atoms with Crippen molar-refractivity contribution in [3.63, 3.8) is 0 Å². The largest absolute Gasteiger partial charge is 0.493 e. The smallest absolute Gasteiger partial charge is 0.161 e. The maximum absolute atomic E-state index is 5.42. The highest BCUT2D eigenvalue weighted by atomic mass is 16.5. The molecule has 3 unspecified atom stereocenters. The highest BCUT2D eigenvalue weighted by Gasteiger charge is 2.38. The molecule has 0 heterocycles. The number of hydrogen-bond acceptors (Lipinski definition) is 3. The number of methoxy groups -OCH3 is 2. The van der Waals surface area contributed by atoms with Crippen LogP contribution in [0.25, 0.3) is 0 Å². The molecular formula is C16H25NO2. The third kappa shape index (κ3) is 2.57. The van der Waals surface area contributed by atoms with Crippen molar-refractivity contribution in [2.24, 2.45) is 5.92 Å². The first kappa shape index (κ1) is 14.2. The van der Waals surface area contributed by atoms with E-state index < -0.39 is 0 Å². The van der Waals surface area contributed by atoms with Crippen LogP contribution in [-0.4, -0.2) is 26.8 Å². The lowest BCUT2D eigenvalue weighted by molar-refractivity contribution is 0.186. The summed E-state index contributed by atoms with van der Waals surface area (Å²) in [4.78, 5) is 0. The van der Waals surface area contributed by atoms with Crippen molar-refractivity contribution < 1.29 is 9.47 Å². The van der Waals surface area contributed by atoms with Crippen LogP contribution in [0.5, 0.6) is 11.5 Å². The maximum atomic E-state index is 5.42. The van der Waals surface area contributed by atoms with Gasteiger partial charge in [0, 0.05) is 6.04 Å². The zero-order valence-corrected chi connectivity index (χ0v) is 12.6. The zero-order chi connectivity index (χ0) is 14.0. The van der Waals surface area contributed by atoms with Crippen LogP contribution >= 0.6 is 0 Å². The summed E-state index contributed by atoms with van der Waals surface area (Å²) in [7, 11) is 3.38. The molecule has 0 amide bonds. The molecule has 1 aliphatic rings. The van der Waals surface area contributed by atoms with E-state index >= 15 is 0 Å². The molecular weight excluding hydrogens is 238 g/mol. The number of hydrogen-bond donors (Lipinski definition) is 1. The molecule has 1 aliphatic carbocycles. The molecule has 1 N–H and O–H groups in total. The zero-order valence-electron chi connectivity index (χ0n) is 12.6. The predicted molar refractivity (Wildman–Crippen MR) is 78.3 cm³/mol. The monoisotopic (exact) mass is 263 g/mol. The lowest BCUT2D eigenvalue weighted by Gasteiger charge is -2.44. The van der Waals surface area contributed by atoms with E-state index in [0.717, 1.165) is 18.0 Å². The van der Waals surface area contributed by atoms with Gasteiger partial charge in [-0.1, -0.05) is 13.8 Å². The Morgan fingerprint density at radius 2 is 1.84 bits per heavy atom. The normalized spacial score (nSPS) is 25.8. The lowest BCUT2D eigenvalue weighted by Crippen LogP contribution is -2.47. The number of nitrogens with one attached hydrogen (secondary N) is 1. The second-order valence-corrected chi connectivity index (χ2v) is 5.43. The van der Waals surface area contributed by atoms with Gasteiger partial charge in [-0.05, 0) is 55.0 Å².